The average molecular weight is 287 g/mol. The lowest BCUT2D eigenvalue weighted by atomic mass is 10.0. The molecule has 0 saturated carbocycles. The molecule has 0 fully saturated rings. The van der Waals surface area contributed by atoms with Gasteiger partial charge in [0.1, 0.15) is 0 Å². The number of halogens is 2. The highest BCUT2D eigenvalue weighted by Gasteiger charge is 2.00. The molecular formula is C14H16Cl2O2. The van der Waals surface area contributed by atoms with Crippen molar-refractivity contribution >= 4 is 33.7 Å². The molecule has 4 heteroatoms. The summed E-state index contributed by atoms with van der Waals surface area (Å²) in [4.78, 5) is 21.2. The fourth-order valence-electron chi connectivity index (χ4n) is 1.74. The van der Waals surface area contributed by atoms with Crippen molar-refractivity contribution in [3.63, 3.8) is 0 Å². The Morgan fingerprint density at radius 3 is 1.39 bits per heavy atom. The monoisotopic (exact) mass is 286 g/mol. The molecule has 0 N–H and O–H groups in total. The lowest BCUT2D eigenvalue weighted by Crippen LogP contribution is -1.93. The van der Waals surface area contributed by atoms with E-state index in [4.69, 9.17) is 23.2 Å². The van der Waals surface area contributed by atoms with Crippen LogP contribution in [0.4, 0.5) is 0 Å². The van der Waals surface area contributed by atoms with E-state index >= 15 is 0 Å². The minimum Gasteiger partial charge on any atom is -0.281 e. The summed E-state index contributed by atoms with van der Waals surface area (Å²) in [5.41, 5.74) is 2.40. The minimum atomic E-state index is -0.280. The quantitative estimate of drug-likeness (QED) is 0.680. The van der Waals surface area contributed by atoms with E-state index in [2.05, 4.69) is 24.3 Å². The molecule has 0 aliphatic carbocycles. The summed E-state index contributed by atoms with van der Waals surface area (Å²) in [5.74, 6) is 0. The minimum absolute atomic E-state index is 0.280. The van der Waals surface area contributed by atoms with Gasteiger partial charge in [0.2, 0.25) is 10.5 Å². The zero-order chi connectivity index (χ0) is 13.4. The molecule has 1 aromatic rings. The molecule has 0 aliphatic heterocycles. The van der Waals surface area contributed by atoms with Crippen LogP contribution in [0.2, 0.25) is 0 Å². The van der Waals surface area contributed by atoms with Gasteiger partial charge in [0.05, 0.1) is 0 Å². The van der Waals surface area contributed by atoms with E-state index < -0.39 is 0 Å². The summed E-state index contributed by atoms with van der Waals surface area (Å²) in [7, 11) is 0. The fourth-order valence-corrected chi connectivity index (χ4v) is 2.00. The Balaban J connectivity index is 2.33. The second-order valence-corrected chi connectivity index (χ2v) is 5.08. The van der Waals surface area contributed by atoms with E-state index in [1.165, 1.54) is 11.1 Å². The smallest absolute Gasteiger partial charge is 0.221 e. The average Bonchev–Trinajstić information content (AvgIpc) is 2.30. The summed E-state index contributed by atoms with van der Waals surface area (Å²) in [5, 5.41) is -0.560. The number of benzene rings is 1. The summed E-state index contributed by atoms with van der Waals surface area (Å²) >= 11 is 10.5. The van der Waals surface area contributed by atoms with Crippen LogP contribution in [0.5, 0.6) is 0 Å². The Bertz CT molecular complexity index is 360. The lowest BCUT2D eigenvalue weighted by Gasteiger charge is -2.03. The first kappa shape index (κ1) is 15.2. The van der Waals surface area contributed by atoms with Crippen LogP contribution in [0.1, 0.15) is 36.8 Å². The molecule has 0 aromatic heterocycles. The topological polar surface area (TPSA) is 34.1 Å². The first-order valence-corrected chi connectivity index (χ1v) is 6.78. The summed E-state index contributed by atoms with van der Waals surface area (Å²) in [6.45, 7) is 0. The molecule has 1 rings (SSSR count). The largest absolute Gasteiger partial charge is 0.281 e. The van der Waals surface area contributed by atoms with Crippen LogP contribution in [0.15, 0.2) is 24.3 Å². The van der Waals surface area contributed by atoms with E-state index in [1.54, 1.807) is 0 Å². The second-order valence-electron chi connectivity index (χ2n) is 4.23. The molecule has 0 atom stereocenters. The van der Waals surface area contributed by atoms with Gasteiger partial charge in [0.25, 0.3) is 0 Å². The maximum atomic E-state index is 10.6. The van der Waals surface area contributed by atoms with Gasteiger partial charge < -0.3 is 0 Å². The first-order chi connectivity index (χ1) is 8.58. The normalized spacial score (nSPS) is 10.3. The highest BCUT2D eigenvalue weighted by atomic mass is 35.5. The summed E-state index contributed by atoms with van der Waals surface area (Å²) < 4.78 is 0. The van der Waals surface area contributed by atoms with E-state index in [-0.39, 0.29) is 10.5 Å². The SMILES string of the molecule is O=C(Cl)CCCc1ccc(CCCC(=O)Cl)cc1. The van der Waals surface area contributed by atoms with Gasteiger partial charge in [-0.1, -0.05) is 24.3 Å². The third-order valence-electron chi connectivity index (χ3n) is 2.70. The Morgan fingerprint density at radius 1 is 0.778 bits per heavy atom. The van der Waals surface area contributed by atoms with E-state index in [1.807, 2.05) is 0 Å². The Labute approximate surface area is 117 Å². The lowest BCUT2D eigenvalue weighted by molar-refractivity contribution is -0.112. The van der Waals surface area contributed by atoms with Gasteiger partial charge in [0.15, 0.2) is 0 Å². The van der Waals surface area contributed by atoms with E-state index in [0.717, 1.165) is 25.7 Å². The molecule has 98 valence electrons. The number of aryl methyl sites for hydroxylation is 2. The van der Waals surface area contributed by atoms with Gasteiger partial charge in [0, 0.05) is 12.8 Å². The highest BCUT2D eigenvalue weighted by molar-refractivity contribution is 6.63. The van der Waals surface area contributed by atoms with Crippen molar-refractivity contribution in [1.29, 1.82) is 0 Å². The number of carbonyl (C=O) groups is 2. The standard InChI is InChI=1S/C14H16Cl2O2/c15-13(17)5-1-3-11-7-9-12(10-8-11)4-2-6-14(16)18/h7-10H,1-6H2. The van der Waals surface area contributed by atoms with Crippen molar-refractivity contribution in [3.8, 4) is 0 Å². The number of carbonyl (C=O) groups excluding carboxylic acids is 2. The van der Waals surface area contributed by atoms with Gasteiger partial charge in [-0.25, -0.2) is 0 Å². The van der Waals surface area contributed by atoms with Crippen molar-refractivity contribution in [2.24, 2.45) is 0 Å². The molecule has 0 aliphatic rings. The molecule has 2 nitrogen and oxygen atoms in total. The van der Waals surface area contributed by atoms with Crippen LogP contribution in [0.3, 0.4) is 0 Å². The van der Waals surface area contributed by atoms with Crippen LogP contribution in [0.25, 0.3) is 0 Å². The molecular weight excluding hydrogens is 271 g/mol. The van der Waals surface area contributed by atoms with Crippen molar-refractivity contribution in [3.05, 3.63) is 35.4 Å². The highest BCUT2D eigenvalue weighted by Crippen LogP contribution is 2.11. The molecule has 0 unspecified atom stereocenters. The van der Waals surface area contributed by atoms with Crippen LogP contribution in [-0.4, -0.2) is 10.5 Å². The van der Waals surface area contributed by atoms with Gasteiger partial charge >= 0.3 is 0 Å². The first-order valence-electron chi connectivity index (χ1n) is 6.02. The zero-order valence-electron chi connectivity index (χ0n) is 10.1. The van der Waals surface area contributed by atoms with Crippen LogP contribution in [0, 0.1) is 0 Å². The Hall–Kier alpha value is -0.860. The molecule has 0 saturated heterocycles. The molecule has 0 bridgehead atoms. The molecule has 0 radical (unpaired) electrons. The number of hydrogen-bond donors (Lipinski definition) is 0. The van der Waals surface area contributed by atoms with Crippen molar-refractivity contribution in [1.82, 2.24) is 0 Å². The third kappa shape index (κ3) is 6.77. The maximum Gasteiger partial charge on any atom is 0.221 e. The Morgan fingerprint density at radius 2 is 1.11 bits per heavy atom. The zero-order valence-corrected chi connectivity index (χ0v) is 11.6. The number of rotatable bonds is 8. The second kappa shape index (κ2) is 8.28. The molecule has 0 heterocycles. The molecule has 1 aromatic carbocycles. The van der Waals surface area contributed by atoms with Crippen molar-refractivity contribution in [2.75, 3.05) is 0 Å². The Kier molecular flexibility index (Phi) is 6.99. The predicted molar refractivity (Wildman–Crippen MR) is 74.0 cm³/mol. The summed E-state index contributed by atoms with van der Waals surface area (Å²) in [6, 6.07) is 8.21. The van der Waals surface area contributed by atoms with Crippen molar-refractivity contribution < 1.29 is 9.59 Å². The van der Waals surface area contributed by atoms with Gasteiger partial charge in [-0.05, 0) is 60.0 Å². The van der Waals surface area contributed by atoms with Crippen molar-refractivity contribution in [2.45, 2.75) is 38.5 Å². The van der Waals surface area contributed by atoms with Gasteiger partial charge in [-0.15, -0.1) is 0 Å². The fraction of sp³-hybridized carbons (Fsp3) is 0.429. The van der Waals surface area contributed by atoms with Gasteiger partial charge in [-0.3, -0.25) is 9.59 Å². The van der Waals surface area contributed by atoms with Crippen LogP contribution >= 0.6 is 23.2 Å². The molecule has 0 spiro atoms. The number of hydrogen-bond acceptors (Lipinski definition) is 2. The third-order valence-corrected chi connectivity index (χ3v) is 3.08. The maximum absolute atomic E-state index is 10.6. The van der Waals surface area contributed by atoms with E-state index in [9.17, 15) is 9.59 Å². The molecule has 18 heavy (non-hydrogen) atoms. The predicted octanol–water partition coefficient (Wildman–Crippen LogP) is 3.86. The van der Waals surface area contributed by atoms with E-state index in [0.29, 0.717) is 12.8 Å². The molecule has 0 amide bonds. The van der Waals surface area contributed by atoms with Crippen LogP contribution in [-0.2, 0) is 22.4 Å². The van der Waals surface area contributed by atoms with Gasteiger partial charge in [-0.2, -0.15) is 0 Å². The summed E-state index contributed by atoms with van der Waals surface area (Å²) in [6.07, 6.45) is 4.12. The van der Waals surface area contributed by atoms with Crippen LogP contribution < -0.4 is 0 Å².